The lowest BCUT2D eigenvalue weighted by Crippen LogP contribution is -2.76. The van der Waals surface area contributed by atoms with Crippen molar-refractivity contribution in [3.05, 3.63) is 71.8 Å². The Morgan fingerprint density at radius 3 is 2.47 bits per heavy atom. The maximum Gasteiger partial charge on any atom is 0.333 e. The first-order valence-corrected chi connectivity index (χ1v) is 13.9. The second-order valence-electron chi connectivity index (χ2n) is 7.79. The van der Waals surface area contributed by atoms with Crippen LogP contribution in [0.5, 0.6) is 5.75 Å². The number of anilines is 1. The van der Waals surface area contributed by atoms with Crippen molar-refractivity contribution in [1.82, 2.24) is 10.2 Å². The minimum Gasteiger partial charge on any atom is -0.484 e. The van der Waals surface area contributed by atoms with Crippen LogP contribution >= 0.6 is 34.2 Å². The number of esters is 1. The van der Waals surface area contributed by atoms with Crippen LogP contribution in [0.1, 0.15) is 6.92 Å². The van der Waals surface area contributed by atoms with Gasteiger partial charge in [0.15, 0.2) is 18.0 Å². The van der Waals surface area contributed by atoms with Gasteiger partial charge in [0.1, 0.15) is 29.4 Å². The summed E-state index contributed by atoms with van der Waals surface area (Å²) in [6.07, 6.45) is 0. The molecule has 2 amide bonds. The first-order chi connectivity index (χ1) is 17.2. The van der Waals surface area contributed by atoms with Crippen LogP contribution in [0.15, 0.2) is 66.7 Å². The highest BCUT2D eigenvalue weighted by atomic mass is 127. The monoisotopic (exact) mass is 645 g/mol. The van der Waals surface area contributed by atoms with Gasteiger partial charge in [0, 0.05) is 15.1 Å². The number of halogens is 2. The molecule has 36 heavy (non-hydrogen) atoms. The zero-order valence-corrected chi connectivity index (χ0v) is 23.0. The van der Waals surface area contributed by atoms with E-state index in [9.17, 15) is 18.6 Å². The molecular weight excluding hydrogens is 621 g/mol. The molecule has 2 aromatic carbocycles. The second kappa shape index (κ2) is 13.1. The molecule has 1 fully saturated rings. The number of nitrogens with one attached hydrogen (secondary N) is 2. The number of carbonyl (C=O) groups is 3. The molecule has 9 nitrogen and oxygen atoms in total. The SMILES string of the molecule is C=C(C)C(C(=O)OCCI)N1C(=O)C(NC(=O)COc2ccccc2)C1S(=O)Nc1ccc(Cl)cc1. The highest BCUT2D eigenvalue weighted by Crippen LogP contribution is 2.30. The summed E-state index contributed by atoms with van der Waals surface area (Å²) < 4.78 is 27.4. The summed E-state index contributed by atoms with van der Waals surface area (Å²) in [5.74, 6) is -1.36. The fourth-order valence-corrected chi connectivity index (χ4v) is 5.16. The van der Waals surface area contributed by atoms with Gasteiger partial charge in [-0.1, -0.05) is 59.0 Å². The van der Waals surface area contributed by atoms with Gasteiger partial charge in [0.05, 0.1) is 0 Å². The van der Waals surface area contributed by atoms with Crippen LogP contribution in [0, 0.1) is 0 Å². The lowest BCUT2D eigenvalue weighted by molar-refractivity contribution is -0.162. The second-order valence-corrected chi connectivity index (χ2v) is 10.6. The molecule has 3 rings (SSSR count). The molecule has 0 bridgehead atoms. The number of ether oxygens (including phenoxy) is 2. The summed E-state index contributed by atoms with van der Waals surface area (Å²) in [5, 5.41) is 1.99. The van der Waals surface area contributed by atoms with Crippen molar-refractivity contribution in [2.24, 2.45) is 0 Å². The lowest BCUT2D eigenvalue weighted by Gasteiger charge is -2.48. The number of carbonyl (C=O) groups excluding carboxylic acids is 3. The summed E-state index contributed by atoms with van der Waals surface area (Å²) in [6.45, 7) is 5.20. The molecule has 1 saturated heterocycles. The Labute approximate surface area is 230 Å². The molecule has 0 aliphatic carbocycles. The van der Waals surface area contributed by atoms with E-state index in [0.717, 1.165) is 4.90 Å². The van der Waals surface area contributed by atoms with Gasteiger partial charge in [-0.25, -0.2) is 9.00 Å². The molecule has 4 atom stereocenters. The summed E-state index contributed by atoms with van der Waals surface area (Å²) in [5.41, 5.74) is 0.821. The molecule has 0 radical (unpaired) electrons. The van der Waals surface area contributed by atoms with E-state index in [-0.39, 0.29) is 13.2 Å². The van der Waals surface area contributed by atoms with Crippen molar-refractivity contribution >= 4 is 68.6 Å². The highest BCUT2D eigenvalue weighted by molar-refractivity contribution is 14.1. The first kappa shape index (κ1) is 27.9. The molecular formula is C24H25ClIN3O6S. The molecule has 1 aliphatic rings. The molecule has 1 heterocycles. The Kier molecular flexibility index (Phi) is 10.1. The van der Waals surface area contributed by atoms with E-state index in [1.165, 1.54) is 0 Å². The van der Waals surface area contributed by atoms with Crippen LogP contribution in [-0.2, 0) is 30.1 Å². The maximum absolute atomic E-state index is 13.4. The summed E-state index contributed by atoms with van der Waals surface area (Å²) in [6, 6.07) is 12.9. The number of hydrogen-bond donors (Lipinski definition) is 2. The molecule has 2 aromatic rings. The topological polar surface area (TPSA) is 114 Å². The van der Waals surface area contributed by atoms with Gasteiger partial charge in [-0.2, -0.15) is 0 Å². The number of likely N-dealkylation sites (tertiary alicyclic amines) is 1. The number of para-hydroxylation sites is 1. The molecule has 2 N–H and O–H groups in total. The van der Waals surface area contributed by atoms with E-state index in [1.54, 1.807) is 55.5 Å². The summed E-state index contributed by atoms with van der Waals surface area (Å²) in [4.78, 5) is 39.6. The van der Waals surface area contributed by atoms with Gasteiger partial charge in [-0.05, 0) is 48.9 Å². The van der Waals surface area contributed by atoms with Crippen LogP contribution in [0.25, 0.3) is 0 Å². The van der Waals surface area contributed by atoms with Crippen molar-refractivity contribution in [2.75, 3.05) is 22.4 Å². The van der Waals surface area contributed by atoms with Gasteiger partial charge in [-0.15, -0.1) is 0 Å². The van der Waals surface area contributed by atoms with Crippen molar-refractivity contribution in [3.63, 3.8) is 0 Å². The van der Waals surface area contributed by atoms with Crippen LogP contribution in [0.3, 0.4) is 0 Å². The van der Waals surface area contributed by atoms with Gasteiger partial charge < -0.3 is 24.4 Å². The molecule has 1 aliphatic heterocycles. The summed E-state index contributed by atoms with van der Waals surface area (Å²) in [7, 11) is -1.93. The van der Waals surface area contributed by atoms with E-state index in [1.807, 2.05) is 6.07 Å². The van der Waals surface area contributed by atoms with Crippen LogP contribution in [-0.4, -0.2) is 62.0 Å². The molecule has 0 spiro atoms. The van der Waals surface area contributed by atoms with Crippen LogP contribution in [0.4, 0.5) is 5.69 Å². The van der Waals surface area contributed by atoms with E-state index < -0.39 is 46.2 Å². The minimum absolute atomic E-state index is 0.152. The zero-order chi connectivity index (χ0) is 26.2. The fraction of sp³-hybridized carbons (Fsp3) is 0.292. The maximum atomic E-state index is 13.4. The third-order valence-corrected chi connectivity index (χ3v) is 7.15. The van der Waals surface area contributed by atoms with Crippen LogP contribution in [0.2, 0.25) is 5.02 Å². The molecule has 0 saturated carbocycles. The van der Waals surface area contributed by atoms with Crippen LogP contribution < -0.4 is 14.8 Å². The Hall–Kier alpha value is -2.64. The third kappa shape index (κ3) is 6.98. The smallest absolute Gasteiger partial charge is 0.333 e. The lowest BCUT2D eigenvalue weighted by atomic mass is 9.99. The van der Waals surface area contributed by atoms with E-state index in [0.29, 0.717) is 26.5 Å². The van der Waals surface area contributed by atoms with Gasteiger partial charge in [0.25, 0.3) is 11.8 Å². The minimum atomic E-state index is -1.93. The average Bonchev–Trinajstić information content (AvgIpc) is 2.86. The van der Waals surface area contributed by atoms with Crippen molar-refractivity contribution in [3.8, 4) is 5.75 Å². The normalized spacial score (nSPS) is 18.4. The standard InChI is InChI=1S/C24H25ClIN3O6S/c1-15(2)21(24(32)34-13-12-26)29-22(31)20(27-19(30)14-35-18-6-4-3-5-7-18)23(29)36(33)28-17-10-8-16(25)9-11-17/h3-11,20-21,23,28H,1,12-14H2,2H3,(H,27,30). The van der Waals surface area contributed by atoms with Crippen molar-refractivity contribution in [1.29, 1.82) is 0 Å². The quantitative estimate of drug-likeness (QED) is 0.121. The number of amides is 2. The Morgan fingerprint density at radius 2 is 1.86 bits per heavy atom. The van der Waals surface area contributed by atoms with Crippen molar-refractivity contribution in [2.45, 2.75) is 24.4 Å². The molecule has 192 valence electrons. The zero-order valence-electron chi connectivity index (χ0n) is 19.3. The number of hydrogen-bond acceptors (Lipinski definition) is 6. The van der Waals surface area contributed by atoms with Gasteiger partial charge in [-0.3, -0.25) is 9.59 Å². The van der Waals surface area contributed by atoms with E-state index in [4.69, 9.17) is 21.1 Å². The third-order valence-electron chi connectivity index (χ3n) is 5.08. The number of nitrogens with zero attached hydrogens (tertiary/aromatic N) is 1. The predicted octanol–water partition coefficient (Wildman–Crippen LogP) is 3.07. The highest BCUT2D eigenvalue weighted by Gasteiger charge is 2.56. The van der Waals surface area contributed by atoms with Gasteiger partial charge in [0.2, 0.25) is 0 Å². The number of benzene rings is 2. The van der Waals surface area contributed by atoms with E-state index >= 15 is 0 Å². The van der Waals surface area contributed by atoms with Crippen molar-refractivity contribution < 1.29 is 28.1 Å². The Bertz CT molecular complexity index is 1130. The fourth-order valence-electron chi connectivity index (χ4n) is 3.47. The number of rotatable bonds is 12. The largest absolute Gasteiger partial charge is 0.484 e. The molecule has 4 unspecified atom stereocenters. The molecule has 12 heteroatoms. The van der Waals surface area contributed by atoms with Gasteiger partial charge >= 0.3 is 5.97 Å². The predicted molar refractivity (Wildman–Crippen MR) is 146 cm³/mol. The Balaban J connectivity index is 1.79. The van der Waals surface area contributed by atoms with E-state index in [2.05, 4.69) is 39.2 Å². The molecule has 0 aromatic heterocycles. The Morgan fingerprint density at radius 1 is 1.19 bits per heavy atom. The summed E-state index contributed by atoms with van der Waals surface area (Å²) >= 11 is 7.98. The average molecular weight is 646 g/mol. The number of alkyl halides is 1. The number of β-lactam (4-membered cyclic amide) rings is 1. The first-order valence-electron chi connectivity index (χ1n) is 10.8.